The highest BCUT2D eigenvalue weighted by molar-refractivity contribution is 6.31. The lowest BCUT2D eigenvalue weighted by molar-refractivity contribution is 0.0942. The number of carbonyl (C=O) groups excluding carboxylic acids is 1. The second kappa shape index (κ2) is 6.92. The second-order valence-corrected chi connectivity index (χ2v) is 5.57. The number of nitrogens with two attached hydrogens (primary N) is 1. The van der Waals surface area contributed by atoms with E-state index in [0.717, 1.165) is 32.7 Å². The van der Waals surface area contributed by atoms with Crippen LogP contribution in [0.5, 0.6) is 0 Å². The lowest BCUT2D eigenvalue weighted by Crippen LogP contribution is -2.46. The third-order valence-corrected chi connectivity index (χ3v) is 3.80. The first-order valence-corrected chi connectivity index (χ1v) is 7.18. The molecular weight excluding hydrogens is 276 g/mol. The first-order valence-electron chi connectivity index (χ1n) is 6.80. The fraction of sp³-hybridized carbons (Fsp3) is 0.500. The molecule has 1 heterocycles. The molecule has 0 saturated carbocycles. The van der Waals surface area contributed by atoms with Crippen LogP contribution in [-0.2, 0) is 0 Å². The molecule has 0 unspecified atom stereocenters. The summed E-state index contributed by atoms with van der Waals surface area (Å²) < 4.78 is 0. The number of likely N-dealkylation sites (N-methyl/N-ethyl adjacent to an activating group) is 1. The van der Waals surface area contributed by atoms with Crippen molar-refractivity contribution in [1.29, 1.82) is 0 Å². The molecule has 5 nitrogen and oxygen atoms in total. The fourth-order valence-corrected chi connectivity index (χ4v) is 2.42. The van der Waals surface area contributed by atoms with E-state index in [1.807, 2.05) is 0 Å². The van der Waals surface area contributed by atoms with E-state index in [4.69, 9.17) is 17.3 Å². The van der Waals surface area contributed by atoms with Gasteiger partial charge in [-0.15, -0.1) is 0 Å². The SMILES string of the molecule is CN1CCN(CCNC(=O)c2ccc(Cl)cc2N)CC1. The Morgan fingerprint density at radius 3 is 2.70 bits per heavy atom. The molecular formula is C14H21ClN4O. The minimum atomic E-state index is -0.145. The molecule has 0 spiro atoms. The minimum absolute atomic E-state index is 0.145. The number of anilines is 1. The van der Waals surface area contributed by atoms with Gasteiger partial charge in [-0.2, -0.15) is 0 Å². The van der Waals surface area contributed by atoms with Crippen LogP contribution >= 0.6 is 11.6 Å². The van der Waals surface area contributed by atoms with Crippen molar-refractivity contribution in [3.05, 3.63) is 28.8 Å². The zero-order valence-electron chi connectivity index (χ0n) is 11.7. The van der Waals surface area contributed by atoms with Crippen molar-refractivity contribution in [3.8, 4) is 0 Å². The fourth-order valence-electron chi connectivity index (χ4n) is 2.23. The van der Waals surface area contributed by atoms with Crippen LogP contribution < -0.4 is 11.1 Å². The quantitative estimate of drug-likeness (QED) is 0.811. The Morgan fingerprint density at radius 2 is 2.05 bits per heavy atom. The molecule has 1 aliphatic rings. The molecule has 0 bridgehead atoms. The van der Waals surface area contributed by atoms with Crippen molar-refractivity contribution < 1.29 is 4.79 Å². The van der Waals surface area contributed by atoms with E-state index in [9.17, 15) is 4.79 Å². The normalized spacial score (nSPS) is 17.1. The van der Waals surface area contributed by atoms with Crippen molar-refractivity contribution in [3.63, 3.8) is 0 Å². The third-order valence-electron chi connectivity index (χ3n) is 3.57. The Labute approximate surface area is 124 Å². The number of halogens is 1. The molecule has 2 rings (SSSR count). The highest BCUT2D eigenvalue weighted by Gasteiger charge is 2.14. The van der Waals surface area contributed by atoms with E-state index < -0.39 is 0 Å². The van der Waals surface area contributed by atoms with E-state index in [-0.39, 0.29) is 5.91 Å². The van der Waals surface area contributed by atoms with Gasteiger partial charge in [0.25, 0.3) is 5.91 Å². The molecule has 3 N–H and O–H groups in total. The van der Waals surface area contributed by atoms with Gasteiger partial charge < -0.3 is 16.0 Å². The molecule has 1 aromatic rings. The Bertz CT molecular complexity index is 472. The number of nitrogen functional groups attached to an aromatic ring is 1. The van der Waals surface area contributed by atoms with Gasteiger partial charge in [0.05, 0.1) is 5.56 Å². The van der Waals surface area contributed by atoms with Crippen molar-refractivity contribution in [2.24, 2.45) is 0 Å². The van der Waals surface area contributed by atoms with Crippen molar-refractivity contribution in [1.82, 2.24) is 15.1 Å². The zero-order valence-corrected chi connectivity index (χ0v) is 12.5. The number of amides is 1. The van der Waals surface area contributed by atoms with E-state index in [1.165, 1.54) is 0 Å². The maximum atomic E-state index is 12.0. The molecule has 0 aromatic heterocycles. The van der Waals surface area contributed by atoms with Crippen LogP contribution in [0.25, 0.3) is 0 Å². The van der Waals surface area contributed by atoms with Gasteiger partial charge in [0.15, 0.2) is 0 Å². The smallest absolute Gasteiger partial charge is 0.253 e. The summed E-state index contributed by atoms with van der Waals surface area (Å²) in [5, 5.41) is 3.44. The van der Waals surface area contributed by atoms with Crippen LogP contribution in [0.4, 0.5) is 5.69 Å². The summed E-state index contributed by atoms with van der Waals surface area (Å²) in [6.45, 7) is 5.76. The Morgan fingerprint density at radius 1 is 1.35 bits per heavy atom. The van der Waals surface area contributed by atoms with Crippen LogP contribution in [0.15, 0.2) is 18.2 Å². The predicted octanol–water partition coefficient (Wildman–Crippen LogP) is 0.899. The molecule has 0 aliphatic carbocycles. The molecule has 20 heavy (non-hydrogen) atoms. The highest BCUT2D eigenvalue weighted by Crippen LogP contribution is 2.17. The number of nitrogens with zero attached hydrogens (tertiary/aromatic N) is 2. The van der Waals surface area contributed by atoms with Crippen LogP contribution in [0, 0.1) is 0 Å². The predicted molar refractivity (Wildman–Crippen MR) is 82.1 cm³/mol. The highest BCUT2D eigenvalue weighted by atomic mass is 35.5. The number of hydrogen-bond acceptors (Lipinski definition) is 4. The molecule has 6 heteroatoms. The summed E-state index contributed by atoms with van der Waals surface area (Å²) in [4.78, 5) is 16.7. The molecule has 1 fully saturated rings. The summed E-state index contributed by atoms with van der Waals surface area (Å²) in [5.41, 5.74) is 6.68. The molecule has 110 valence electrons. The number of carbonyl (C=O) groups is 1. The Hall–Kier alpha value is -1.30. The summed E-state index contributed by atoms with van der Waals surface area (Å²) >= 11 is 5.82. The molecule has 1 saturated heterocycles. The van der Waals surface area contributed by atoms with Crippen molar-refractivity contribution in [2.45, 2.75) is 0 Å². The average Bonchev–Trinajstić information content (AvgIpc) is 2.41. The topological polar surface area (TPSA) is 61.6 Å². The lowest BCUT2D eigenvalue weighted by Gasteiger charge is -2.32. The maximum absolute atomic E-state index is 12.0. The first kappa shape index (κ1) is 15.1. The number of piperazine rings is 1. The van der Waals surface area contributed by atoms with Gasteiger partial charge in [-0.25, -0.2) is 0 Å². The van der Waals surface area contributed by atoms with Crippen LogP contribution in [-0.4, -0.2) is 62.0 Å². The summed E-state index contributed by atoms with van der Waals surface area (Å²) in [6, 6.07) is 4.92. The molecule has 1 amide bonds. The largest absolute Gasteiger partial charge is 0.398 e. The monoisotopic (exact) mass is 296 g/mol. The second-order valence-electron chi connectivity index (χ2n) is 5.13. The van der Waals surface area contributed by atoms with Crippen LogP contribution in [0.3, 0.4) is 0 Å². The van der Waals surface area contributed by atoms with Crippen LogP contribution in [0.1, 0.15) is 10.4 Å². The molecule has 1 aromatic carbocycles. The number of rotatable bonds is 4. The average molecular weight is 297 g/mol. The van der Waals surface area contributed by atoms with E-state index in [2.05, 4.69) is 22.2 Å². The van der Waals surface area contributed by atoms with Gasteiger partial charge in [-0.05, 0) is 25.2 Å². The van der Waals surface area contributed by atoms with Gasteiger partial charge in [-0.3, -0.25) is 9.69 Å². The van der Waals surface area contributed by atoms with E-state index in [1.54, 1.807) is 18.2 Å². The van der Waals surface area contributed by atoms with Crippen LogP contribution in [0.2, 0.25) is 5.02 Å². The van der Waals surface area contributed by atoms with E-state index in [0.29, 0.717) is 22.8 Å². The van der Waals surface area contributed by atoms with Crippen molar-refractivity contribution in [2.75, 3.05) is 52.0 Å². The summed E-state index contributed by atoms with van der Waals surface area (Å²) in [7, 11) is 2.13. The molecule has 0 atom stereocenters. The van der Waals surface area contributed by atoms with E-state index >= 15 is 0 Å². The molecule has 0 radical (unpaired) electrons. The lowest BCUT2D eigenvalue weighted by atomic mass is 10.1. The van der Waals surface area contributed by atoms with Gasteiger partial charge in [-0.1, -0.05) is 11.6 Å². The van der Waals surface area contributed by atoms with Crippen molar-refractivity contribution >= 4 is 23.2 Å². The summed E-state index contributed by atoms with van der Waals surface area (Å²) in [6.07, 6.45) is 0. The van der Waals surface area contributed by atoms with Gasteiger partial charge in [0.1, 0.15) is 0 Å². The minimum Gasteiger partial charge on any atom is -0.398 e. The number of nitrogens with one attached hydrogen (secondary N) is 1. The van der Waals surface area contributed by atoms with Gasteiger partial charge in [0.2, 0.25) is 0 Å². The number of benzene rings is 1. The Balaban J connectivity index is 1.77. The first-order chi connectivity index (χ1) is 9.56. The number of hydrogen-bond donors (Lipinski definition) is 2. The standard InChI is InChI=1S/C14H21ClN4O/c1-18-6-8-19(9-7-18)5-4-17-14(20)12-3-2-11(15)10-13(12)16/h2-3,10H,4-9,16H2,1H3,(H,17,20). The third kappa shape index (κ3) is 4.10. The van der Waals surface area contributed by atoms with Gasteiger partial charge >= 0.3 is 0 Å². The Kier molecular flexibility index (Phi) is 5.23. The van der Waals surface area contributed by atoms with Gasteiger partial charge in [0, 0.05) is 50.0 Å². The molecule has 1 aliphatic heterocycles. The summed E-state index contributed by atoms with van der Waals surface area (Å²) in [5.74, 6) is -0.145. The maximum Gasteiger partial charge on any atom is 0.253 e. The zero-order chi connectivity index (χ0) is 14.5.